The average molecular weight is 381 g/mol. The maximum Gasteiger partial charge on any atom is 0.320 e. The molecule has 0 aromatic heterocycles. The highest BCUT2D eigenvalue weighted by molar-refractivity contribution is 9.10. The van der Waals surface area contributed by atoms with Gasteiger partial charge in [0.05, 0.1) is 11.5 Å². The van der Waals surface area contributed by atoms with Gasteiger partial charge in [0.2, 0.25) is 0 Å². The summed E-state index contributed by atoms with van der Waals surface area (Å²) in [6, 6.07) is 4.45. The molecular weight excluding hydrogens is 370 g/mol. The zero-order valence-corrected chi connectivity index (χ0v) is 12.7. The smallest absolute Gasteiger partial charge is 0.320 e. The molecule has 0 saturated heterocycles. The van der Waals surface area contributed by atoms with Crippen molar-refractivity contribution in [3.8, 4) is 0 Å². The van der Waals surface area contributed by atoms with Gasteiger partial charge in [0.15, 0.2) is 0 Å². The molecule has 0 bridgehead atoms. The van der Waals surface area contributed by atoms with Crippen molar-refractivity contribution in [3.05, 3.63) is 38.3 Å². The molecule has 0 heterocycles. The molecule has 0 fully saturated rings. The fourth-order valence-corrected chi connectivity index (χ4v) is 2.33. The van der Waals surface area contributed by atoms with Crippen molar-refractivity contribution in [1.29, 1.82) is 0 Å². The quantitative estimate of drug-likeness (QED) is 0.340. The SMILES string of the molecule is CCOC(=O)C(Br)Cc1ccc([N+](=O)[O-])cc1Br. The van der Waals surface area contributed by atoms with E-state index in [9.17, 15) is 14.9 Å². The Morgan fingerprint density at radius 3 is 2.72 bits per heavy atom. The first-order chi connectivity index (χ1) is 8.45. The van der Waals surface area contributed by atoms with E-state index in [2.05, 4.69) is 31.9 Å². The summed E-state index contributed by atoms with van der Waals surface area (Å²) >= 11 is 6.49. The van der Waals surface area contributed by atoms with Crippen molar-refractivity contribution in [2.75, 3.05) is 6.61 Å². The lowest BCUT2D eigenvalue weighted by molar-refractivity contribution is -0.384. The monoisotopic (exact) mass is 379 g/mol. The van der Waals surface area contributed by atoms with E-state index in [0.717, 1.165) is 5.56 Å². The summed E-state index contributed by atoms with van der Waals surface area (Å²) in [5, 5.41) is 10.6. The predicted octanol–water partition coefficient (Wildman–Crippen LogP) is 3.23. The van der Waals surface area contributed by atoms with Crippen molar-refractivity contribution in [1.82, 2.24) is 0 Å². The van der Waals surface area contributed by atoms with Crippen molar-refractivity contribution < 1.29 is 14.5 Å². The number of nitro benzene ring substituents is 1. The van der Waals surface area contributed by atoms with Gasteiger partial charge in [0.25, 0.3) is 5.69 Å². The van der Waals surface area contributed by atoms with Gasteiger partial charge in [-0.15, -0.1) is 0 Å². The fourth-order valence-electron chi connectivity index (χ4n) is 1.32. The summed E-state index contributed by atoms with van der Waals surface area (Å²) in [5.74, 6) is -0.345. The Morgan fingerprint density at radius 1 is 1.56 bits per heavy atom. The number of hydrogen-bond acceptors (Lipinski definition) is 4. The Balaban J connectivity index is 2.79. The van der Waals surface area contributed by atoms with Crippen LogP contribution in [0.3, 0.4) is 0 Å². The van der Waals surface area contributed by atoms with Gasteiger partial charge in [0.1, 0.15) is 4.83 Å². The van der Waals surface area contributed by atoms with Crippen LogP contribution in [-0.4, -0.2) is 22.3 Å². The lowest BCUT2D eigenvalue weighted by Gasteiger charge is -2.10. The predicted molar refractivity (Wildman–Crippen MR) is 73.8 cm³/mol. The van der Waals surface area contributed by atoms with E-state index in [-0.39, 0.29) is 11.7 Å². The van der Waals surface area contributed by atoms with Crippen LogP contribution in [0, 0.1) is 10.1 Å². The molecule has 1 aromatic carbocycles. The molecule has 0 N–H and O–H groups in total. The largest absolute Gasteiger partial charge is 0.465 e. The van der Waals surface area contributed by atoms with Crippen molar-refractivity contribution in [2.24, 2.45) is 0 Å². The van der Waals surface area contributed by atoms with E-state index in [1.54, 1.807) is 13.0 Å². The van der Waals surface area contributed by atoms with Crippen molar-refractivity contribution in [2.45, 2.75) is 18.2 Å². The van der Waals surface area contributed by atoms with Crippen LogP contribution >= 0.6 is 31.9 Å². The van der Waals surface area contributed by atoms with Gasteiger partial charge >= 0.3 is 5.97 Å². The Hall–Kier alpha value is -0.950. The highest BCUT2D eigenvalue weighted by atomic mass is 79.9. The Labute approximate surface area is 121 Å². The van der Waals surface area contributed by atoms with Crippen LogP contribution < -0.4 is 0 Å². The van der Waals surface area contributed by atoms with Crippen LogP contribution in [0.5, 0.6) is 0 Å². The first kappa shape index (κ1) is 15.1. The zero-order valence-electron chi connectivity index (χ0n) is 9.56. The number of nitrogens with zero attached hydrogens (tertiary/aromatic N) is 1. The van der Waals surface area contributed by atoms with Gasteiger partial charge in [-0.05, 0) is 18.9 Å². The molecule has 0 aliphatic rings. The summed E-state index contributed by atoms with van der Waals surface area (Å²) in [7, 11) is 0. The molecule has 0 aliphatic heterocycles. The van der Waals surface area contributed by atoms with Crippen LogP contribution in [0.15, 0.2) is 22.7 Å². The van der Waals surface area contributed by atoms with Gasteiger partial charge in [-0.1, -0.05) is 37.9 Å². The highest BCUT2D eigenvalue weighted by Crippen LogP contribution is 2.25. The molecule has 0 aliphatic carbocycles. The standard InChI is InChI=1S/C11H11Br2NO4/c1-2-18-11(15)10(13)5-7-3-4-8(14(16)17)6-9(7)12/h3-4,6,10H,2,5H2,1H3. The number of benzene rings is 1. The van der Waals surface area contributed by atoms with E-state index in [4.69, 9.17) is 4.74 Å². The van der Waals surface area contributed by atoms with Gasteiger partial charge in [-0.3, -0.25) is 14.9 Å². The van der Waals surface area contributed by atoms with Gasteiger partial charge in [-0.25, -0.2) is 0 Å². The molecule has 18 heavy (non-hydrogen) atoms. The number of hydrogen-bond donors (Lipinski definition) is 0. The molecule has 1 unspecified atom stereocenters. The molecule has 98 valence electrons. The summed E-state index contributed by atoms with van der Waals surface area (Å²) in [6.45, 7) is 2.06. The summed E-state index contributed by atoms with van der Waals surface area (Å²) in [4.78, 5) is 21.1. The van der Waals surface area contributed by atoms with Crippen molar-refractivity contribution >= 4 is 43.5 Å². The third kappa shape index (κ3) is 4.06. The van der Waals surface area contributed by atoms with Crippen LogP contribution in [-0.2, 0) is 16.0 Å². The highest BCUT2D eigenvalue weighted by Gasteiger charge is 2.19. The first-order valence-electron chi connectivity index (χ1n) is 5.19. The van der Waals surface area contributed by atoms with E-state index in [1.165, 1.54) is 12.1 Å². The third-order valence-electron chi connectivity index (χ3n) is 2.19. The van der Waals surface area contributed by atoms with E-state index in [1.807, 2.05) is 0 Å². The normalized spacial score (nSPS) is 11.9. The average Bonchev–Trinajstić information content (AvgIpc) is 2.31. The van der Waals surface area contributed by atoms with Crippen LogP contribution in [0.2, 0.25) is 0 Å². The molecule has 0 amide bonds. The number of rotatable bonds is 5. The number of halogens is 2. The lowest BCUT2D eigenvalue weighted by atomic mass is 10.1. The minimum absolute atomic E-state index is 0.00730. The molecular formula is C11H11Br2NO4. The number of alkyl halides is 1. The minimum Gasteiger partial charge on any atom is -0.465 e. The Kier molecular flexibility index (Phi) is 5.74. The zero-order chi connectivity index (χ0) is 13.7. The fraction of sp³-hybridized carbons (Fsp3) is 0.364. The van der Waals surface area contributed by atoms with E-state index < -0.39 is 9.75 Å². The van der Waals surface area contributed by atoms with E-state index in [0.29, 0.717) is 17.5 Å². The van der Waals surface area contributed by atoms with Gasteiger partial charge < -0.3 is 4.74 Å². The Morgan fingerprint density at radius 2 is 2.22 bits per heavy atom. The van der Waals surface area contributed by atoms with Gasteiger partial charge in [0, 0.05) is 16.6 Å². The van der Waals surface area contributed by atoms with Crippen LogP contribution in [0.4, 0.5) is 5.69 Å². The van der Waals surface area contributed by atoms with Crippen LogP contribution in [0.25, 0.3) is 0 Å². The molecule has 0 spiro atoms. The van der Waals surface area contributed by atoms with E-state index >= 15 is 0 Å². The Bertz CT molecular complexity index is 464. The molecule has 7 heteroatoms. The second-order valence-electron chi connectivity index (χ2n) is 3.46. The second kappa shape index (κ2) is 6.84. The molecule has 5 nitrogen and oxygen atoms in total. The number of carbonyl (C=O) groups is 1. The number of carbonyl (C=O) groups excluding carboxylic acids is 1. The maximum atomic E-state index is 11.4. The molecule has 0 saturated carbocycles. The lowest BCUT2D eigenvalue weighted by Crippen LogP contribution is -2.19. The summed E-state index contributed by atoms with van der Waals surface area (Å²) in [5.41, 5.74) is 0.809. The van der Waals surface area contributed by atoms with Gasteiger partial charge in [-0.2, -0.15) is 0 Å². The topological polar surface area (TPSA) is 69.4 Å². The second-order valence-corrected chi connectivity index (χ2v) is 5.42. The molecule has 0 radical (unpaired) electrons. The number of ether oxygens (including phenoxy) is 1. The summed E-state index contributed by atoms with van der Waals surface area (Å²) in [6.07, 6.45) is 0.400. The number of nitro groups is 1. The summed E-state index contributed by atoms with van der Waals surface area (Å²) < 4.78 is 5.47. The van der Waals surface area contributed by atoms with Crippen LogP contribution in [0.1, 0.15) is 12.5 Å². The maximum absolute atomic E-state index is 11.4. The third-order valence-corrected chi connectivity index (χ3v) is 3.62. The molecule has 1 aromatic rings. The first-order valence-corrected chi connectivity index (χ1v) is 6.90. The number of non-ortho nitro benzene ring substituents is 1. The molecule has 1 rings (SSSR count). The number of esters is 1. The minimum atomic E-state index is -0.467. The molecule has 1 atom stereocenters. The van der Waals surface area contributed by atoms with Crippen molar-refractivity contribution in [3.63, 3.8) is 0 Å².